The number of carbonyl (C=O) groups excluding carboxylic acids is 1. The zero-order chi connectivity index (χ0) is 34.1. The molecular formula is C33H32Cl3F2N7O2. The topological polar surface area (TPSA) is 109 Å². The number of fused-ring (bicyclic) bond motifs is 2. The van der Waals surface area contributed by atoms with Crippen LogP contribution >= 0.6 is 34.8 Å². The quantitative estimate of drug-likeness (QED) is 0.133. The van der Waals surface area contributed by atoms with Crippen LogP contribution in [0.2, 0.25) is 15.1 Å². The van der Waals surface area contributed by atoms with E-state index in [1.807, 2.05) is 25.7 Å². The first-order valence-electron chi connectivity index (χ1n) is 15.1. The highest BCUT2D eigenvalue weighted by Gasteiger charge is 2.39. The highest BCUT2D eigenvalue weighted by molar-refractivity contribution is 6.40. The molecule has 6 rings (SSSR count). The molecule has 0 saturated carbocycles. The summed E-state index contributed by atoms with van der Waals surface area (Å²) in [6.45, 7) is 12.1. The van der Waals surface area contributed by atoms with Crippen LogP contribution in [0, 0.1) is 18.6 Å². The Morgan fingerprint density at radius 2 is 1.89 bits per heavy atom. The van der Waals surface area contributed by atoms with E-state index in [0.29, 0.717) is 43.0 Å². The summed E-state index contributed by atoms with van der Waals surface area (Å²) in [6.07, 6.45) is 3.38. The Morgan fingerprint density at radius 3 is 2.57 bits per heavy atom. The lowest BCUT2D eigenvalue weighted by molar-refractivity contribution is -0.127. The molecule has 2 aromatic heterocycles. The van der Waals surface area contributed by atoms with Crippen molar-refractivity contribution >= 4 is 68.8 Å². The Morgan fingerprint density at radius 1 is 1.17 bits per heavy atom. The number of benzene rings is 2. The van der Waals surface area contributed by atoms with Crippen LogP contribution in [-0.2, 0) is 4.79 Å². The van der Waals surface area contributed by atoms with Crippen LogP contribution < -0.4 is 21.6 Å². The van der Waals surface area contributed by atoms with E-state index in [9.17, 15) is 9.59 Å². The first-order chi connectivity index (χ1) is 22.3. The molecule has 14 heteroatoms. The zero-order valence-electron chi connectivity index (χ0n) is 26.1. The molecule has 0 bridgehead atoms. The Labute approximate surface area is 284 Å². The van der Waals surface area contributed by atoms with Crippen LogP contribution in [-0.4, -0.2) is 57.1 Å². The molecule has 9 nitrogen and oxygen atoms in total. The molecule has 3 N–H and O–H groups in total. The molecule has 4 aromatic rings. The molecule has 1 fully saturated rings. The van der Waals surface area contributed by atoms with Crippen molar-refractivity contribution in [1.82, 2.24) is 19.4 Å². The number of nitrogen functional groups attached to an aromatic ring is 1. The van der Waals surface area contributed by atoms with Gasteiger partial charge in [0.2, 0.25) is 5.91 Å². The zero-order valence-corrected chi connectivity index (χ0v) is 28.4. The van der Waals surface area contributed by atoms with Crippen molar-refractivity contribution in [3.63, 3.8) is 0 Å². The molecule has 2 aliphatic heterocycles. The summed E-state index contributed by atoms with van der Waals surface area (Å²) >= 11 is 19.5. The number of rotatable bonds is 4. The summed E-state index contributed by atoms with van der Waals surface area (Å²) in [5.74, 6) is -2.25. The van der Waals surface area contributed by atoms with Crippen molar-refractivity contribution in [3.8, 4) is 16.8 Å². The number of piperazine rings is 1. The van der Waals surface area contributed by atoms with Crippen molar-refractivity contribution < 1.29 is 13.6 Å². The summed E-state index contributed by atoms with van der Waals surface area (Å²) in [5, 5.41) is 2.85. The SMILES string of the molecule is C=CC(=O)N1CC(C)N2c3nc(=O)n(-c4c(C)ccnc4C(C)C)c4c(F)c(-c5c(N)c(Cl)cc(Cl)c5F)c(Cl)c(c34)NCCC2C1. The van der Waals surface area contributed by atoms with E-state index in [2.05, 4.69) is 21.9 Å². The van der Waals surface area contributed by atoms with Gasteiger partial charge in [0.1, 0.15) is 11.3 Å². The fourth-order valence-corrected chi connectivity index (χ4v) is 7.59. The van der Waals surface area contributed by atoms with Gasteiger partial charge >= 0.3 is 5.69 Å². The smallest absolute Gasteiger partial charge is 0.354 e. The van der Waals surface area contributed by atoms with Crippen LogP contribution in [0.25, 0.3) is 27.7 Å². The Balaban J connectivity index is 1.81. The molecule has 2 atom stereocenters. The van der Waals surface area contributed by atoms with Gasteiger partial charge in [0.05, 0.1) is 49.3 Å². The van der Waals surface area contributed by atoms with E-state index in [-0.39, 0.29) is 67.1 Å². The van der Waals surface area contributed by atoms with Crippen LogP contribution in [0.15, 0.2) is 35.8 Å². The molecule has 2 aromatic carbocycles. The number of hydrogen-bond donors (Lipinski definition) is 2. The number of pyridine rings is 1. The number of carbonyl (C=O) groups is 1. The lowest BCUT2D eigenvalue weighted by Crippen LogP contribution is -2.60. The number of nitrogens with two attached hydrogens (primary N) is 1. The summed E-state index contributed by atoms with van der Waals surface area (Å²) in [6, 6.07) is 2.22. The number of nitrogens with one attached hydrogen (secondary N) is 1. The monoisotopic (exact) mass is 701 g/mol. The van der Waals surface area contributed by atoms with Crippen LogP contribution in [0.4, 0.5) is 26.0 Å². The second kappa shape index (κ2) is 12.3. The number of amides is 1. The molecule has 1 amide bonds. The lowest BCUT2D eigenvalue weighted by Gasteiger charge is -2.47. The van der Waals surface area contributed by atoms with Crippen molar-refractivity contribution in [2.45, 2.75) is 52.1 Å². The summed E-state index contributed by atoms with van der Waals surface area (Å²) in [5.41, 5.74) is 5.91. The first kappa shape index (κ1) is 33.0. The Hall–Kier alpha value is -3.93. The molecule has 47 heavy (non-hydrogen) atoms. The molecule has 246 valence electrons. The maximum absolute atomic E-state index is 17.6. The van der Waals surface area contributed by atoms with Crippen molar-refractivity contribution in [2.24, 2.45) is 0 Å². The number of halogens is 5. The number of nitrogens with zero attached hydrogens (tertiary/aromatic N) is 5. The number of aromatic nitrogens is 3. The molecule has 2 aliphatic rings. The lowest BCUT2D eigenvalue weighted by atomic mass is 9.95. The Bertz CT molecular complexity index is 2030. The van der Waals surface area contributed by atoms with Crippen LogP contribution in [0.1, 0.15) is 44.4 Å². The fraction of sp³-hybridized carbons (Fsp3) is 0.333. The molecule has 1 saturated heterocycles. The first-order valence-corrected chi connectivity index (χ1v) is 16.2. The predicted molar refractivity (Wildman–Crippen MR) is 184 cm³/mol. The minimum Gasteiger partial charge on any atom is -0.397 e. The van der Waals surface area contributed by atoms with Gasteiger partial charge in [-0.3, -0.25) is 14.3 Å². The van der Waals surface area contributed by atoms with Gasteiger partial charge < -0.3 is 20.9 Å². The second-order valence-corrected chi connectivity index (χ2v) is 13.4. The molecular weight excluding hydrogens is 671 g/mol. The van der Waals surface area contributed by atoms with Gasteiger partial charge in [0, 0.05) is 43.0 Å². The Kier molecular flexibility index (Phi) is 8.61. The van der Waals surface area contributed by atoms with E-state index >= 15 is 8.78 Å². The van der Waals surface area contributed by atoms with Gasteiger partial charge in [0.25, 0.3) is 0 Å². The highest BCUT2D eigenvalue weighted by atomic mass is 35.5. The fourth-order valence-electron chi connectivity index (χ4n) is 6.78. The predicted octanol–water partition coefficient (Wildman–Crippen LogP) is 7.11. The standard InChI is InChI=1S/C33H32Cl3F2N7O2/c1-6-20(46)43-12-16(5)44-17(13-43)8-10-41-29-23-31(26(38)21(24(29)36)22-25(37)18(34)11-19(35)27(22)39)45(33(47)42-32(23)44)30-15(4)7-9-40-28(30)14(2)3/h6-7,9,11,14,16-17,41H,1,8,10,12-13,39H2,2-5H3. The van der Waals surface area contributed by atoms with Gasteiger partial charge in [-0.05, 0) is 50.0 Å². The third-order valence-corrected chi connectivity index (χ3v) is 9.84. The van der Waals surface area contributed by atoms with Gasteiger partial charge in [-0.1, -0.05) is 55.2 Å². The van der Waals surface area contributed by atoms with Gasteiger partial charge in [-0.15, -0.1) is 0 Å². The largest absolute Gasteiger partial charge is 0.397 e. The third kappa shape index (κ3) is 5.19. The number of hydrogen-bond acceptors (Lipinski definition) is 7. The van der Waals surface area contributed by atoms with Crippen molar-refractivity contribution in [2.75, 3.05) is 35.6 Å². The van der Waals surface area contributed by atoms with E-state index < -0.39 is 28.5 Å². The summed E-state index contributed by atoms with van der Waals surface area (Å²) < 4.78 is 34.6. The second-order valence-electron chi connectivity index (χ2n) is 12.2. The van der Waals surface area contributed by atoms with E-state index in [0.717, 1.165) is 6.07 Å². The van der Waals surface area contributed by atoms with Crippen LogP contribution in [0.5, 0.6) is 0 Å². The minimum atomic E-state index is -1.02. The van der Waals surface area contributed by atoms with E-state index in [4.69, 9.17) is 40.5 Å². The average Bonchev–Trinajstić information content (AvgIpc) is 3.01. The molecule has 4 heterocycles. The highest BCUT2D eigenvalue weighted by Crippen LogP contribution is 2.50. The maximum atomic E-state index is 17.6. The van der Waals surface area contributed by atoms with Crippen molar-refractivity contribution in [1.29, 1.82) is 0 Å². The van der Waals surface area contributed by atoms with E-state index in [1.165, 1.54) is 10.6 Å². The van der Waals surface area contributed by atoms with Gasteiger partial charge in [-0.2, -0.15) is 4.98 Å². The number of aryl methyl sites for hydroxylation is 1. The number of anilines is 3. The third-order valence-electron chi connectivity index (χ3n) is 8.87. The molecule has 0 spiro atoms. The molecule has 2 unspecified atom stereocenters. The normalized spacial score (nSPS) is 17.7. The van der Waals surface area contributed by atoms with Crippen molar-refractivity contribution in [3.05, 3.63) is 79.4 Å². The average molecular weight is 703 g/mol. The summed E-state index contributed by atoms with van der Waals surface area (Å²) in [7, 11) is 0. The maximum Gasteiger partial charge on any atom is 0.354 e. The van der Waals surface area contributed by atoms with E-state index in [1.54, 1.807) is 24.1 Å². The summed E-state index contributed by atoms with van der Waals surface area (Å²) in [4.78, 5) is 39.8. The van der Waals surface area contributed by atoms with Crippen LogP contribution in [0.3, 0.4) is 0 Å². The minimum absolute atomic E-state index is 0.0980. The molecule has 0 aliphatic carbocycles. The van der Waals surface area contributed by atoms with Gasteiger partial charge in [-0.25, -0.2) is 13.6 Å². The molecule has 0 radical (unpaired) electrons. The van der Waals surface area contributed by atoms with Gasteiger partial charge in [0.15, 0.2) is 11.6 Å².